The van der Waals surface area contributed by atoms with Crippen LogP contribution in [0.3, 0.4) is 0 Å². The fourth-order valence-corrected chi connectivity index (χ4v) is 1.56. The average Bonchev–Trinajstić information content (AvgIpc) is 2.21. The summed E-state index contributed by atoms with van der Waals surface area (Å²) in [5.74, 6) is -1.40. The van der Waals surface area contributed by atoms with Gasteiger partial charge in [-0.05, 0) is 42.7 Å². The van der Waals surface area contributed by atoms with Gasteiger partial charge in [0, 0.05) is 0 Å². The highest BCUT2D eigenvalue weighted by atomic mass is 19.3. The summed E-state index contributed by atoms with van der Waals surface area (Å²) in [4.78, 5) is 10.6. The average molecular weight is 246 g/mol. The molecule has 17 heavy (non-hydrogen) atoms. The molecular formula is C11H12F2O4. The van der Waals surface area contributed by atoms with Crippen molar-refractivity contribution in [2.24, 2.45) is 0 Å². The third-order valence-corrected chi connectivity index (χ3v) is 2.24. The molecule has 0 fully saturated rings. The predicted octanol–water partition coefficient (Wildman–Crippen LogP) is 2.02. The Morgan fingerprint density at radius 3 is 2.12 bits per heavy atom. The lowest BCUT2D eigenvalue weighted by molar-refractivity contribution is -0.146. The molecule has 1 rings (SSSR count). The van der Waals surface area contributed by atoms with E-state index in [1.165, 1.54) is 26.0 Å². The zero-order valence-electron chi connectivity index (χ0n) is 9.28. The van der Waals surface area contributed by atoms with Crippen molar-refractivity contribution in [3.8, 4) is 5.75 Å². The molecule has 0 bridgehead atoms. The van der Waals surface area contributed by atoms with Crippen molar-refractivity contribution in [1.82, 2.24) is 0 Å². The number of benzene rings is 1. The van der Waals surface area contributed by atoms with Crippen LogP contribution in [0, 0.1) is 13.8 Å². The van der Waals surface area contributed by atoms with Gasteiger partial charge in [-0.25, -0.2) is 4.79 Å². The Labute approximate surface area is 96.5 Å². The topological polar surface area (TPSA) is 66.8 Å². The Morgan fingerprint density at radius 2 is 1.76 bits per heavy atom. The number of aryl methyl sites for hydroxylation is 2. The molecule has 2 N–H and O–H groups in total. The number of carbonyl (C=O) groups is 1. The number of halogens is 2. The van der Waals surface area contributed by atoms with Crippen molar-refractivity contribution in [3.05, 3.63) is 28.8 Å². The minimum absolute atomic E-state index is 0.00124. The van der Waals surface area contributed by atoms with Crippen LogP contribution < -0.4 is 4.74 Å². The Kier molecular flexibility index (Phi) is 4.01. The number of hydrogen-bond acceptors (Lipinski definition) is 3. The maximum absolute atomic E-state index is 12.1. The van der Waals surface area contributed by atoms with E-state index in [1.807, 2.05) is 0 Å². The van der Waals surface area contributed by atoms with Crippen molar-refractivity contribution in [1.29, 1.82) is 0 Å². The number of ether oxygens (including phenoxy) is 1. The maximum atomic E-state index is 12.1. The molecule has 0 amide bonds. The van der Waals surface area contributed by atoms with Gasteiger partial charge in [0.1, 0.15) is 5.75 Å². The monoisotopic (exact) mass is 246 g/mol. The van der Waals surface area contributed by atoms with Crippen LogP contribution in [0.15, 0.2) is 12.1 Å². The van der Waals surface area contributed by atoms with Gasteiger partial charge in [0.25, 0.3) is 0 Å². The van der Waals surface area contributed by atoms with E-state index in [1.54, 1.807) is 0 Å². The summed E-state index contributed by atoms with van der Waals surface area (Å²) in [5.41, 5.74) is 0.829. The zero-order valence-corrected chi connectivity index (χ0v) is 9.28. The molecule has 0 saturated carbocycles. The fraction of sp³-hybridized carbons (Fsp3) is 0.364. The Bertz CT molecular complexity index is 408. The molecule has 1 atom stereocenters. The molecular weight excluding hydrogens is 234 g/mol. The van der Waals surface area contributed by atoms with Gasteiger partial charge in [0.2, 0.25) is 0 Å². The smallest absolute Gasteiger partial charge is 0.387 e. The normalized spacial score (nSPS) is 12.6. The molecule has 4 nitrogen and oxygen atoms in total. The van der Waals surface area contributed by atoms with E-state index in [9.17, 15) is 18.7 Å². The summed E-state index contributed by atoms with van der Waals surface area (Å²) < 4.78 is 28.5. The Balaban J connectivity index is 3.13. The van der Waals surface area contributed by atoms with Crippen LogP contribution in [-0.2, 0) is 4.79 Å². The van der Waals surface area contributed by atoms with Crippen molar-refractivity contribution in [2.75, 3.05) is 0 Å². The molecule has 0 spiro atoms. The van der Waals surface area contributed by atoms with Crippen LogP contribution >= 0.6 is 0 Å². The summed E-state index contributed by atoms with van der Waals surface area (Å²) in [6.07, 6.45) is -1.67. The second-order valence-corrected chi connectivity index (χ2v) is 3.60. The molecule has 0 radical (unpaired) electrons. The molecule has 94 valence electrons. The molecule has 0 aliphatic rings. The number of aliphatic hydroxyl groups is 1. The maximum Gasteiger partial charge on any atom is 0.387 e. The van der Waals surface area contributed by atoms with E-state index < -0.39 is 18.7 Å². The van der Waals surface area contributed by atoms with Gasteiger partial charge in [-0.3, -0.25) is 0 Å². The molecule has 0 aliphatic carbocycles. The second kappa shape index (κ2) is 5.09. The summed E-state index contributed by atoms with van der Waals surface area (Å²) in [5, 5.41) is 18.0. The van der Waals surface area contributed by atoms with Gasteiger partial charge in [-0.2, -0.15) is 8.78 Å². The highest BCUT2D eigenvalue weighted by Gasteiger charge is 2.19. The van der Waals surface area contributed by atoms with Gasteiger partial charge in [-0.1, -0.05) is 0 Å². The first-order valence-electron chi connectivity index (χ1n) is 4.79. The van der Waals surface area contributed by atoms with E-state index in [0.29, 0.717) is 11.1 Å². The standard InChI is InChI=1S/C11H12F2O4/c1-5-3-7(8(14)10(15)16)4-6(2)9(5)17-11(12)13/h3-4,8,11,14H,1-2H3,(H,15,16). The van der Waals surface area contributed by atoms with Gasteiger partial charge in [-0.15, -0.1) is 0 Å². The van der Waals surface area contributed by atoms with E-state index in [0.717, 1.165) is 0 Å². The summed E-state index contributed by atoms with van der Waals surface area (Å²) in [6.45, 7) is 0.0635. The Morgan fingerprint density at radius 1 is 1.29 bits per heavy atom. The lowest BCUT2D eigenvalue weighted by Crippen LogP contribution is -2.12. The highest BCUT2D eigenvalue weighted by Crippen LogP contribution is 2.28. The zero-order chi connectivity index (χ0) is 13.2. The number of carboxylic acid groups (broad SMARTS) is 1. The summed E-state index contributed by atoms with van der Waals surface area (Å²) in [7, 11) is 0. The highest BCUT2D eigenvalue weighted by molar-refractivity contribution is 5.74. The van der Waals surface area contributed by atoms with Crippen LogP contribution in [-0.4, -0.2) is 22.8 Å². The van der Waals surface area contributed by atoms with Crippen LogP contribution in [0.5, 0.6) is 5.75 Å². The summed E-state index contributed by atoms with van der Waals surface area (Å²) in [6, 6.07) is 2.62. The van der Waals surface area contributed by atoms with Crippen molar-refractivity contribution >= 4 is 5.97 Å². The number of carboxylic acids is 1. The van der Waals surface area contributed by atoms with Gasteiger partial charge >= 0.3 is 12.6 Å². The molecule has 0 aliphatic heterocycles. The van der Waals surface area contributed by atoms with Crippen LogP contribution in [0.2, 0.25) is 0 Å². The number of aliphatic carboxylic acids is 1. The minimum atomic E-state index is -2.94. The molecule has 1 unspecified atom stereocenters. The van der Waals surface area contributed by atoms with E-state index in [4.69, 9.17) is 5.11 Å². The van der Waals surface area contributed by atoms with Crippen molar-refractivity contribution < 1.29 is 28.5 Å². The van der Waals surface area contributed by atoms with E-state index in [-0.39, 0.29) is 11.3 Å². The van der Waals surface area contributed by atoms with Crippen molar-refractivity contribution in [3.63, 3.8) is 0 Å². The molecule has 0 saturated heterocycles. The molecule has 1 aromatic rings. The predicted molar refractivity (Wildman–Crippen MR) is 55.1 cm³/mol. The van der Waals surface area contributed by atoms with E-state index in [2.05, 4.69) is 4.74 Å². The first-order valence-corrected chi connectivity index (χ1v) is 4.79. The minimum Gasteiger partial charge on any atom is -0.479 e. The second-order valence-electron chi connectivity index (χ2n) is 3.60. The number of rotatable bonds is 4. The SMILES string of the molecule is Cc1cc(C(O)C(=O)O)cc(C)c1OC(F)F. The van der Waals surface area contributed by atoms with Gasteiger partial charge in [0.05, 0.1) is 0 Å². The molecule has 0 aromatic heterocycles. The number of hydrogen-bond donors (Lipinski definition) is 2. The number of aliphatic hydroxyl groups excluding tert-OH is 1. The van der Waals surface area contributed by atoms with Gasteiger partial charge < -0.3 is 14.9 Å². The third-order valence-electron chi connectivity index (χ3n) is 2.24. The Hall–Kier alpha value is -1.69. The molecule has 1 aromatic carbocycles. The molecule has 6 heteroatoms. The molecule has 0 heterocycles. The van der Waals surface area contributed by atoms with Gasteiger partial charge in [0.15, 0.2) is 6.10 Å². The van der Waals surface area contributed by atoms with Crippen molar-refractivity contribution in [2.45, 2.75) is 26.6 Å². The number of alkyl halides is 2. The summed E-state index contributed by atoms with van der Waals surface area (Å²) >= 11 is 0. The lowest BCUT2D eigenvalue weighted by atomic mass is 10.0. The first-order chi connectivity index (χ1) is 7.82. The lowest BCUT2D eigenvalue weighted by Gasteiger charge is -2.14. The van der Waals surface area contributed by atoms with Crippen LogP contribution in [0.25, 0.3) is 0 Å². The van der Waals surface area contributed by atoms with E-state index >= 15 is 0 Å². The quantitative estimate of drug-likeness (QED) is 0.852. The van der Waals surface area contributed by atoms with Crippen LogP contribution in [0.4, 0.5) is 8.78 Å². The first kappa shape index (κ1) is 13.4. The largest absolute Gasteiger partial charge is 0.479 e. The third kappa shape index (κ3) is 3.13. The fourth-order valence-electron chi connectivity index (χ4n) is 1.56. The van der Waals surface area contributed by atoms with Crippen LogP contribution in [0.1, 0.15) is 22.8 Å².